The van der Waals surface area contributed by atoms with E-state index < -0.39 is 18.0 Å². The van der Waals surface area contributed by atoms with Gasteiger partial charge in [-0.2, -0.15) is 0 Å². The van der Waals surface area contributed by atoms with Gasteiger partial charge in [-0.25, -0.2) is 0 Å². The van der Waals surface area contributed by atoms with Gasteiger partial charge in [-0.05, 0) is 0 Å². The summed E-state index contributed by atoms with van der Waals surface area (Å²) >= 11 is -5.12. The summed E-state index contributed by atoms with van der Waals surface area (Å²) in [5.74, 6) is 0. The first-order valence-corrected chi connectivity index (χ1v) is 27.8. The van der Waals surface area contributed by atoms with Gasteiger partial charge in [-0.3, -0.25) is 0 Å². The first-order valence-electron chi connectivity index (χ1n) is 18.1. The average molecular weight is 801 g/mol. The van der Waals surface area contributed by atoms with Crippen molar-refractivity contribution >= 4 is 14.2 Å². The van der Waals surface area contributed by atoms with E-state index in [1.165, 1.54) is 51.1 Å². The van der Waals surface area contributed by atoms with Gasteiger partial charge in [-0.15, -0.1) is 0 Å². The number of allylic oxidation sites excluding steroid dienone is 4. The summed E-state index contributed by atoms with van der Waals surface area (Å²) in [6.45, 7) is 28.1. The van der Waals surface area contributed by atoms with Crippen molar-refractivity contribution in [3.05, 3.63) is 134 Å². The molecule has 0 amide bonds. The van der Waals surface area contributed by atoms with Crippen molar-refractivity contribution in [2.45, 2.75) is 118 Å². The van der Waals surface area contributed by atoms with Gasteiger partial charge in [0, 0.05) is 0 Å². The molecule has 4 aromatic rings. The molecule has 0 atom stereocenters. The molecule has 4 aromatic carbocycles. The first kappa shape index (κ1) is 34.9. The number of fused-ring (bicyclic) bond motifs is 3. The summed E-state index contributed by atoms with van der Waals surface area (Å²) in [6.07, 6.45) is 9.04. The molecule has 0 nitrogen and oxygen atoms in total. The topological polar surface area (TPSA) is 0 Å². The molecule has 6 rings (SSSR count). The summed E-state index contributed by atoms with van der Waals surface area (Å²) in [5, 5.41) is 0. The van der Waals surface area contributed by atoms with Gasteiger partial charge in [-0.1, -0.05) is 0 Å². The SMILES string of the molecule is [CH2]=[Hf]([C]1=CC=CC1)([c]1ccc(C(C)(C)C)cc1)([c]1ccc(C(C)(C)C)cc1)[c]1c(C(C)(C)C)ccc2c1Cc1cc(C(C)(C)C)ccc1-2. The first-order chi connectivity index (χ1) is 22.1. The van der Waals surface area contributed by atoms with Crippen LogP contribution in [0.4, 0.5) is 0 Å². The summed E-state index contributed by atoms with van der Waals surface area (Å²) in [5.41, 5.74) is 11.6. The van der Waals surface area contributed by atoms with Crippen LogP contribution in [0.3, 0.4) is 0 Å². The van der Waals surface area contributed by atoms with E-state index >= 15 is 0 Å². The number of benzene rings is 4. The molecule has 2 aliphatic carbocycles. The van der Waals surface area contributed by atoms with E-state index in [0.717, 1.165) is 12.8 Å². The zero-order chi connectivity index (χ0) is 35.1. The van der Waals surface area contributed by atoms with Crippen molar-refractivity contribution in [1.82, 2.24) is 0 Å². The Balaban J connectivity index is 1.80. The third kappa shape index (κ3) is 5.48. The monoisotopic (exact) mass is 802 g/mol. The van der Waals surface area contributed by atoms with Crippen LogP contribution >= 0.6 is 0 Å². The molecule has 250 valence electrons. The molecule has 0 radical (unpaired) electrons. The Kier molecular flexibility index (Phi) is 8.24. The van der Waals surface area contributed by atoms with Crippen molar-refractivity contribution < 1.29 is 18.0 Å². The standard InChI is InChI=1S/C21H25.2C10H13.C5H5.CH2.Hf/c1-20(2,3)16-7-9-18-14(12-16)11-15-13-17(21(4,5)6)8-10-19(15)18;2*1-10(2,3)9-7-5-4-6-8-9;1-2-4-5-3-1;;/h7-10,12H,11H2,1-6H3;2*5-8H,1-3H3;1-3H,4H2;1H2;. The van der Waals surface area contributed by atoms with E-state index in [-0.39, 0.29) is 21.7 Å². The van der Waals surface area contributed by atoms with Crippen LogP contribution in [0.1, 0.15) is 123 Å². The molecule has 0 heterocycles. The predicted octanol–water partition coefficient (Wildman–Crippen LogP) is 10.7. The fraction of sp³-hybridized carbons (Fsp3) is 0.383. The summed E-state index contributed by atoms with van der Waals surface area (Å²) in [4.78, 5) is 0. The van der Waals surface area contributed by atoms with Gasteiger partial charge in [0.15, 0.2) is 0 Å². The molecular weight excluding hydrogens is 743 g/mol. The quantitative estimate of drug-likeness (QED) is 0.159. The zero-order valence-electron chi connectivity index (χ0n) is 31.9. The Morgan fingerprint density at radius 2 is 1.02 bits per heavy atom. The van der Waals surface area contributed by atoms with Crippen LogP contribution in [0, 0.1) is 0 Å². The third-order valence-corrected chi connectivity index (χ3v) is 35.5. The van der Waals surface area contributed by atoms with E-state index in [2.05, 4.69) is 180 Å². The van der Waals surface area contributed by atoms with Gasteiger partial charge in [0.25, 0.3) is 0 Å². The predicted molar refractivity (Wildman–Crippen MR) is 210 cm³/mol. The van der Waals surface area contributed by atoms with Crippen molar-refractivity contribution in [3.8, 4) is 11.1 Å². The molecule has 0 bridgehead atoms. The maximum atomic E-state index is 5.86. The molecule has 0 saturated heterocycles. The molecule has 0 saturated carbocycles. The molecule has 0 aliphatic heterocycles. The van der Waals surface area contributed by atoms with Gasteiger partial charge in [0.1, 0.15) is 0 Å². The minimum absolute atomic E-state index is 0.0613. The molecule has 0 N–H and O–H groups in total. The molecule has 0 unspecified atom stereocenters. The van der Waals surface area contributed by atoms with Crippen LogP contribution in [0.2, 0.25) is 0 Å². The molecule has 1 heteroatoms. The zero-order valence-corrected chi connectivity index (χ0v) is 35.5. The Hall–Kier alpha value is -2.90. The van der Waals surface area contributed by atoms with E-state index in [0.29, 0.717) is 0 Å². The van der Waals surface area contributed by atoms with Crippen LogP contribution in [0.5, 0.6) is 0 Å². The number of rotatable bonds is 4. The van der Waals surface area contributed by atoms with Crippen molar-refractivity contribution in [1.29, 1.82) is 0 Å². The molecule has 0 aromatic heterocycles. The normalized spacial score (nSPS) is 15.4. The van der Waals surface area contributed by atoms with Crippen molar-refractivity contribution in [3.63, 3.8) is 0 Å². The maximum absolute atomic E-state index is 5.86. The molecular formula is C47H58Hf. The molecule has 0 fully saturated rings. The fourth-order valence-corrected chi connectivity index (χ4v) is 32.8. The van der Waals surface area contributed by atoms with Crippen LogP contribution in [0.15, 0.2) is 100 Å². The van der Waals surface area contributed by atoms with Crippen LogP contribution in [-0.2, 0) is 46.1 Å². The van der Waals surface area contributed by atoms with E-state index in [9.17, 15) is 0 Å². The average Bonchev–Trinajstić information content (AvgIpc) is 3.68. The molecule has 0 spiro atoms. The Bertz CT molecular complexity index is 1950. The van der Waals surface area contributed by atoms with Crippen LogP contribution in [-0.4, -0.2) is 4.26 Å². The van der Waals surface area contributed by atoms with Gasteiger partial charge >= 0.3 is 295 Å². The molecule has 2 aliphatic rings. The van der Waals surface area contributed by atoms with Gasteiger partial charge < -0.3 is 0 Å². The summed E-state index contributed by atoms with van der Waals surface area (Å²) in [7, 11) is 0. The van der Waals surface area contributed by atoms with E-state index in [1.54, 1.807) is 6.65 Å². The van der Waals surface area contributed by atoms with Crippen molar-refractivity contribution in [2.24, 2.45) is 0 Å². The second-order valence-corrected chi connectivity index (χ2v) is 37.7. The Morgan fingerprint density at radius 1 is 0.542 bits per heavy atom. The fourth-order valence-electron chi connectivity index (χ4n) is 8.52. The Morgan fingerprint density at radius 3 is 1.46 bits per heavy atom. The second-order valence-electron chi connectivity index (χ2n) is 19.0. The minimum atomic E-state index is -5.12. The summed E-state index contributed by atoms with van der Waals surface area (Å²) in [6, 6.07) is 31.8. The summed E-state index contributed by atoms with van der Waals surface area (Å²) < 4.78 is 11.9. The Labute approximate surface area is 293 Å². The molecule has 48 heavy (non-hydrogen) atoms. The van der Waals surface area contributed by atoms with Gasteiger partial charge in [0.2, 0.25) is 0 Å². The van der Waals surface area contributed by atoms with Crippen molar-refractivity contribution in [2.75, 3.05) is 0 Å². The number of hydrogen-bond donors (Lipinski definition) is 0. The van der Waals surface area contributed by atoms with Crippen LogP contribution in [0.25, 0.3) is 11.1 Å². The number of hydrogen-bond acceptors (Lipinski definition) is 0. The second kappa shape index (κ2) is 11.3. The van der Waals surface area contributed by atoms with E-state index in [1.807, 2.05) is 0 Å². The van der Waals surface area contributed by atoms with Crippen LogP contribution < -0.4 is 9.96 Å². The third-order valence-electron chi connectivity index (χ3n) is 11.6. The van der Waals surface area contributed by atoms with E-state index in [4.69, 9.17) is 4.26 Å². The van der Waals surface area contributed by atoms with Gasteiger partial charge in [0.05, 0.1) is 0 Å².